The number of hydrazone groups is 1. The molecule has 3 aromatic carbocycles. The Bertz CT molecular complexity index is 1400. The van der Waals surface area contributed by atoms with E-state index in [4.69, 9.17) is 4.74 Å². The molecule has 0 fully saturated rings. The third kappa shape index (κ3) is 6.44. The monoisotopic (exact) mass is 559 g/mol. The Balaban J connectivity index is 1.65. The molecular weight excluding hydrogens is 545 g/mol. The summed E-state index contributed by atoms with van der Waals surface area (Å²) < 4.78 is 19.8. The van der Waals surface area contributed by atoms with Crippen LogP contribution in [0.1, 0.15) is 12.5 Å². The van der Waals surface area contributed by atoms with E-state index < -0.39 is 38.9 Å². The van der Waals surface area contributed by atoms with Crippen molar-refractivity contribution in [2.75, 3.05) is 5.32 Å². The lowest BCUT2D eigenvalue weighted by Crippen LogP contribution is -2.33. The molecule has 0 saturated carbocycles. The highest BCUT2D eigenvalue weighted by atomic mass is 79.9. The van der Waals surface area contributed by atoms with Crippen LogP contribution in [-0.4, -0.2) is 27.4 Å². The van der Waals surface area contributed by atoms with Gasteiger partial charge in [0.1, 0.15) is 11.6 Å². The number of benzene rings is 3. The van der Waals surface area contributed by atoms with E-state index in [1.54, 1.807) is 6.92 Å². The van der Waals surface area contributed by atoms with Crippen LogP contribution in [0.5, 0.6) is 11.5 Å². The molecule has 12 nitrogen and oxygen atoms in total. The van der Waals surface area contributed by atoms with Gasteiger partial charge in [0.15, 0.2) is 0 Å². The maximum Gasteiger partial charge on any atom is 0.329 e. The first kappa shape index (κ1) is 25.9. The average Bonchev–Trinajstić information content (AvgIpc) is 2.84. The molecule has 0 aliphatic carbocycles. The summed E-state index contributed by atoms with van der Waals surface area (Å²) in [6, 6.07) is 12.9. The number of carbonyl (C=O) groups excluding carboxylic acids is 2. The van der Waals surface area contributed by atoms with Crippen LogP contribution in [0, 0.1) is 26.0 Å². The first-order chi connectivity index (χ1) is 17.0. The Kier molecular flexibility index (Phi) is 8.01. The molecule has 0 aliphatic rings. The van der Waals surface area contributed by atoms with E-state index in [1.165, 1.54) is 36.4 Å². The quantitative estimate of drug-likeness (QED) is 0.183. The zero-order chi connectivity index (χ0) is 26.4. The first-order valence-electron chi connectivity index (χ1n) is 9.87. The van der Waals surface area contributed by atoms with Crippen LogP contribution in [0.3, 0.4) is 0 Å². The standard InChI is InChI=1S/C22H15BrFN5O7/c1-12(26-27-22(31)21(30)25-18-8-4-14(23)10-17(18)24)13-2-6-16(7-3-13)36-20-9-5-15(28(32)33)11-19(20)29(34)35/h2-11H,1H3,(H,25,30)(H,27,31)/b26-12+. The van der Waals surface area contributed by atoms with Crippen molar-refractivity contribution in [2.24, 2.45) is 5.10 Å². The molecule has 2 N–H and O–H groups in total. The van der Waals surface area contributed by atoms with Crippen molar-refractivity contribution in [3.05, 3.63) is 96.7 Å². The third-order valence-electron chi connectivity index (χ3n) is 4.56. The normalized spacial score (nSPS) is 10.9. The number of nitrogens with one attached hydrogen (secondary N) is 2. The highest BCUT2D eigenvalue weighted by Gasteiger charge is 2.21. The highest BCUT2D eigenvalue weighted by Crippen LogP contribution is 2.34. The molecule has 0 spiro atoms. The number of hydrogen-bond donors (Lipinski definition) is 2. The van der Waals surface area contributed by atoms with E-state index in [9.17, 15) is 34.2 Å². The second kappa shape index (κ2) is 11.1. The van der Waals surface area contributed by atoms with Crippen molar-refractivity contribution in [3.63, 3.8) is 0 Å². The maximum absolute atomic E-state index is 13.8. The Morgan fingerprint density at radius 2 is 1.67 bits per heavy atom. The van der Waals surface area contributed by atoms with E-state index in [0.29, 0.717) is 15.7 Å². The molecule has 14 heteroatoms. The zero-order valence-electron chi connectivity index (χ0n) is 18.2. The zero-order valence-corrected chi connectivity index (χ0v) is 19.8. The second-order valence-electron chi connectivity index (χ2n) is 7.01. The van der Waals surface area contributed by atoms with Gasteiger partial charge >= 0.3 is 17.5 Å². The Morgan fingerprint density at radius 3 is 2.28 bits per heavy atom. The number of amides is 2. The van der Waals surface area contributed by atoms with E-state index in [-0.39, 0.29) is 17.2 Å². The Hall–Kier alpha value is -4.72. The summed E-state index contributed by atoms with van der Waals surface area (Å²) in [6.45, 7) is 1.55. The predicted molar refractivity (Wildman–Crippen MR) is 129 cm³/mol. The number of nitro benzene ring substituents is 2. The molecule has 2 amide bonds. The van der Waals surface area contributed by atoms with Gasteiger partial charge in [-0.1, -0.05) is 15.9 Å². The lowest BCUT2D eigenvalue weighted by atomic mass is 10.1. The molecule has 0 saturated heterocycles. The van der Waals surface area contributed by atoms with Crippen molar-refractivity contribution in [1.29, 1.82) is 0 Å². The Morgan fingerprint density at radius 1 is 0.972 bits per heavy atom. The van der Waals surface area contributed by atoms with Crippen molar-refractivity contribution in [1.82, 2.24) is 5.43 Å². The molecule has 0 unspecified atom stereocenters. The minimum Gasteiger partial charge on any atom is -0.450 e. The highest BCUT2D eigenvalue weighted by molar-refractivity contribution is 9.10. The van der Waals surface area contributed by atoms with Crippen LogP contribution in [0.4, 0.5) is 21.5 Å². The molecule has 3 aromatic rings. The van der Waals surface area contributed by atoms with Crippen molar-refractivity contribution < 1.29 is 28.6 Å². The van der Waals surface area contributed by atoms with Crippen LogP contribution in [-0.2, 0) is 9.59 Å². The minimum absolute atomic E-state index is 0.178. The van der Waals surface area contributed by atoms with E-state index in [1.807, 2.05) is 0 Å². The molecule has 0 radical (unpaired) electrons. The fraction of sp³-hybridized carbons (Fsp3) is 0.0455. The summed E-state index contributed by atoms with van der Waals surface area (Å²) in [6.07, 6.45) is 0. The van der Waals surface area contributed by atoms with Gasteiger partial charge in [-0.2, -0.15) is 5.10 Å². The molecule has 36 heavy (non-hydrogen) atoms. The summed E-state index contributed by atoms with van der Waals surface area (Å²) >= 11 is 3.08. The smallest absolute Gasteiger partial charge is 0.329 e. The number of anilines is 1. The largest absolute Gasteiger partial charge is 0.450 e. The number of ether oxygens (including phenoxy) is 1. The number of rotatable bonds is 7. The van der Waals surface area contributed by atoms with Crippen LogP contribution >= 0.6 is 15.9 Å². The van der Waals surface area contributed by atoms with Crippen LogP contribution < -0.4 is 15.5 Å². The molecule has 0 heterocycles. The summed E-state index contributed by atoms with van der Waals surface area (Å²) in [4.78, 5) is 44.5. The topological polar surface area (TPSA) is 166 Å². The molecule has 0 aliphatic heterocycles. The molecule has 0 aromatic heterocycles. The van der Waals surface area contributed by atoms with Gasteiger partial charge in [-0.15, -0.1) is 0 Å². The van der Waals surface area contributed by atoms with Crippen LogP contribution in [0.25, 0.3) is 0 Å². The van der Waals surface area contributed by atoms with E-state index in [2.05, 4.69) is 31.8 Å². The summed E-state index contributed by atoms with van der Waals surface area (Å²) in [7, 11) is 0. The van der Waals surface area contributed by atoms with Crippen molar-refractivity contribution in [3.8, 4) is 11.5 Å². The van der Waals surface area contributed by atoms with Gasteiger partial charge in [-0.05, 0) is 61.0 Å². The van der Waals surface area contributed by atoms with Crippen molar-refractivity contribution >= 4 is 50.5 Å². The van der Waals surface area contributed by atoms with Gasteiger partial charge in [-0.3, -0.25) is 29.8 Å². The van der Waals surface area contributed by atoms with E-state index in [0.717, 1.165) is 24.3 Å². The lowest BCUT2D eigenvalue weighted by molar-refractivity contribution is -0.394. The van der Waals surface area contributed by atoms with Gasteiger partial charge < -0.3 is 10.1 Å². The van der Waals surface area contributed by atoms with Gasteiger partial charge in [-0.25, -0.2) is 9.82 Å². The van der Waals surface area contributed by atoms with Gasteiger partial charge in [0.2, 0.25) is 5.75 Å². The van der Waals surface area contributed by atoms with Gasteiger partial charge in [0, 0.05) is 10.5 Å². The van der Waals surface area contributed by atoms with E-state index >= 15 is 0 Å². The lowest BCUT2D eigenvalue weighted by Gasteiger charge is -2.08. The molecular formula is C22H15BrFN5O7. The first-order valence-corrected chi connectivity index (χ1v) is 10.7. The second-order valence-corrected chi connectivity index (χ2v) is 7.92. The third-order valence-corrected chi connectivity index (χ3v) is 5.05. The number of non-ortho nitro benzene ring substituents is 1. The maximum atomic E-state index is 13.8. The molecule has 184 valence electrons. The molecule has 0 atom stereocenters. The molecule has 0 bridgehead atoms. The number of nitro groups is 2. The summed E-state index contributed by atoms with van der Waals surface area (Å²) in [5.41, 5.74) is 1.68. The predicted octanol–water partition coefficient (Wildman–Crippen LogP) is 4.68. The number of hydrogen-bond acceptors (Lipinski definition) is 8. The van der Waals surface area contributed by atoms with Crippen LogP contribution in [0.15, 0.2) is 70.2 Å². The van der Waals surface area contributed by atoms with Crippen LogP contribution in [0.2, 0.25) is 0 Å². The average molecular weight is 560 g/mol. The summed E-state index contributed by atoms with van der Waals surface area (Å²) in [5.74, 6) is -2.97. The number of carbonyl (C=O) groups is 2. The SMILES string of the molecule is C/C(=N\NC(=O)C(=O)Nc1ccc(Br)cc1F)c1ccc(Oc2ccc([N+](=O)[O-])cc2[N+](=O)[O-])cc1. The number of halogens is 2. The molecule has 3 rings (SSSR count). The fourth-order valence-corrected chi connectivity index (χ4v) is 3.09. The Labute approximate surface area is 210 Å². The van der Waals surface area contributed by atoms with Gasteiger partial charge in [0.05, 0.1) is 27.3 Å². The fourth-order valence-electron chi connectivity index (χ4n) is 2.76. The van der Waals surface area contributed by atoms with Gasteiger partial charge in [0.25, 0.3) is 5.69 Å². The minimum atomic E-state index is -1.12. The van der Waals surface area contributed by atoms with Crippen molar-refractivity contribution in [2.45, 2.75) is 6.92 Å². The number of nitrogens with zero attached hydrogens (tertiary/aromatic N) is 3. The summed E-state index contributed by atoms with van der Waals surface area (Å²) in [5, 5.41) is 28.1.